The van der Waals surface area contributed by atoms with Crippen LogP contribution in [0.25, 0.3) is 0 Å². The molecule has 1 rings (SSSR count). The van der Waals surface area contributed by atoms with Crippen LogP contribution in [0.4, 0.5) is 0 Å². The van der Waals surface area contributed by atoms with Gasteiger partial charge >= 0.3 is 5.97 Å². The topological polar surface area (TPSA) is 70.8 Å². The van der Waals surface area contributed by atoms with Crippen molar-refractivity contribution in [3.8, 4) is 0 Å². The Morgan fingerprint density at radius 1 is 1.53 bits per heavy atom. The molecule has 0 spiro atoms. The standard InChI is InChI=1S/C10H19NO4/c1-10(11,9(12)13-2)5-3-4-8-14-6-7-15-8/h8H,3-7,11H2,1-2H3/t10-/m0/s1. The lowest BCUT2D eigenvalue weighted by atomic mass is 9.96. The minimum atomic E-state index is -0.909. The van der Waals surface area contributed by atoms with Crippen LogP contribution < -0.4 is 5.73 Å². The summed E-state index contributed by atoms with van der Waals surface area (Å²) in [4.78, 5) is 11.3. The first kappa shape index (κ1) is 12.4. The van der Waals surface area contributed by atoms with E-state index in [2.05, 4.69) is 4.74 Å². The molecule has 5 nitrogen and oxygen atoms in total. The van der Waals surface area contributed by atoms with Crippen LogP contribution in [-0.4, -0.2) is 38.1 Å². The smallest absolute Gasteiger partial charge is 0.325 e. The fraction of sp³-hybridized carbons (Fsp3) is 0.900. The number of rotatable bonds is 5. The number of esters is 1. The van der Waals surface area contributed by atoms with Crippen molar-refractivity contribution in [3.63, 3.8) is 0 Å². The Morgan fingerprint density at radius 2 is 2.13 bits per heavy atom. The molecular formula is C10H19NO4. The molecule has 15 heavy (non-hydrogen) atoms. The number of methoxy groups -OCH3 is 1. The van der Waals surface area contributed by atoms with Crippen LogP contribution in [0.2, 0.25) is 0 Å². The monoisotopic (exact) mass is 217 g/mol. The van der Waals surface area contributed by atoms with Crippen molar-refractivity contribution in [1.82, 2.24) is 0 Å². The molecule has 1 saturated heterocycles. The highest BCUT2D eigenvalue weighted by Gasteiger charge is 2.29. The van der Waals surface area contributed by atoms with Gasteiger partial charge < -0.3 is 19.9 Å². The van der Waals surface area contributed by atoms with Gasteiger partial charge in [0.15, 0.2) is 6.29 Å². The summed E-state index contributed by atoms with van der Waals surface area (Å²) in [6, 6.07) is 0. The maximum Gasteiger partial charge on any atom is 0.325 e. The van der Waals surface area contributed by atoms with Crippen LogP contribution in [0.5, 0.6) is 0 Å². The molecule has 0 aromatic carbocycles. The highest BCUT2D eigenvalue weighted by atomic mass is 16.7. The van der Waals surface area contributed by atoms with E-state index in [0.29, 0.717) is 19.6 Å². The van der Waals surface area contributed by atoms with Crippen LogP contribution in [0.1, 0.15) is 26.2 Å². The summed E-state index contributed by atoms with van der Waals surface area (Å²) in [5.41, 5.74) is 4.89. The average Bonchev–Trinajstić information content (AvgIpc) is 2.69. The van der Waals surface area contributed by atoms with Crippen LogP contribution in [0.15, 0.2) is 0 Å². The summed E-state index contributed by atoms with van der Waals surface area (Å²) in [7, 11) is 1.34. The molecule has 0 bridgehead atoms. The predicted octanol–water partition coefficient (Wildman–Crippen LogP) is 0.420. The quantitative estimate of drug-likeness (QED) is 0.676. The van der Waals surface area contributed by atoms with Crippen LogP contribution >= 0.6 is 0 Å². The second-order valence-electron chi connectivity index (χ2n) is 3.97. The van der Waals surface area contributed by atoms with Gasteiger partial charge in [0, 0.05) is 0 Å². The van der Waals surface area contributed by atoms with E-state index < -0.39 is 5.54 Å². The maximum absolute atomic E-state index is 11.3. The van der Waals surface area contributed by atoms with Crippen molar-refractivity contribution in [2.75, 3.05) is 20.3 Å². The molecule has 1 atom stereocenters. The third kappa shape index (κ3) is 3.77. The van der Waals surface area contributed by atoms with Gasteiger partial charge in [-0.3, -0.25) is 4.79 Å². The van der Waals surface area contributed by atoms with Crippen molar-refractivity contribution in [2.24, 2.45) is 5.73 Å². The first-order valence-electron chi connectivity index (χ1n) is 5.17. The Labute approximate surface area is 89.9 Å². The molecule has 5 heteroatoms. The molecule has 0 aromatic rings. The van der Waals surface area contributed by atoms with E-state index >= 15 is 0 Å². The van der Waals surface area contributed by atoms with Gasteiger partial charge in [-0.15, -0.1) is 0 Å². The summed E-state index contributed by atoms with van der Waals surface area (Å²) >= 11 is 0. The normalized spacial score (nSPS) is 21.3. The second kappa shape index (κ2) is 5.44. The largest absolute Gasteiger partial charge is 0.468 e. The molecular weight excluding hydrogens is 198 g/mol. The Bertz CT molecular complexity index is 211. The fourth-order valence-corrected chi connectivity index (χ4v) is 1.55. The zero-order valence-corrected chi connectivity index (χ0v) is 9.32. The van der Waals surface area contributed by atoms with E-state index in [0.717, 1.165) is 12.8 Å². The first-order valence-corrected chi connectivity index (χ1v) is 5.17. The molecule has 0 unspecified atom stereocenters. The van der Waals surface area contributed by atoms with E-state index in [1.807, 2.05) is 0 Å². The van der Waals surface area contributed by atoms with Crippen molar-refractivity contribution in [3.05, 3.63) is 0 Å². The van der Waals surface area contributed by atoms with Gasteiger partial charge in [0.25, 0.3) is 0 Å². The Hall–Kier alpha value is -0.650. The highest BCUT2D eigenvalue weighted by Crippen LogP contribution is 2.17. The Balaban J connectivity index is 2.20. The third-order valence-electron chi connectivity index (χ3n) is 2.48. The SMILES string of the molecule is COC(=O)[C@@](C)(N)CCCC1OCCO1. The molecule has 0 saturated carbocycles. The number of carbonyl (C=O) groups is 1. The molecule has 0 aromatic heterocycles. The van der Waals surface area contributed by atoms with Crippen molar-refractivity contribution in [1.29, 1.82) is 0 Å². The van der Waals surface area contributed by atoms with Gasteiger partial charge in [0.1, 0.15) is 5.54 Å². The van der Waals surface area contributed by atoms with E-state index in [1.165, 1.54) is 7.11 Å². The molecule has 1 aliphatic heterocycles. The molecule has 1 heterocycles. The van der Waals surface area contributed by atoms with Gasteiger partial charge in [-0.05, 0) is 26.2 Å². The molecule has 0 amide bonds. The molecule has 0 radical (unpaired) electrons. The van der Waals surface area contributed by atoms with Gasteiger partial charge in [-0.2, -0.15) is 0 Å². The number of nitrogens with two attached hydrogens (primary N) is 1. The molecule has 1 aliphatic rings. The Morgan fingerprint density at radius 3 is 2.67 bits per heavy atom. The number of hydrogen-bond donors (Lipinski definition) is 1. The Kier molecular flexibility index (Phi) is 4.50. The zero-order chi connectivity index (χ0) is 11.3. The minimum absolute atomic E-state index is 0.126. The van der Waals surface area contributed by atoms with Crippen molar-refractivity contribution >= 4 is 5.97 Å². The maximum atomic E-state index is 11.3. The highest BCUT2D eigenvalue weighted by molar-refractivity contribution is 5.79. The molecule has 2 N–H and O–H groups in total. The van der Waals surface area contributed by atoms with Crippen molar-refractivity contribution in [2.45, 2.75) is 38.0 Å². The average molecular weight is 217 g/mol. The molecule has 1 fully saturated rings. The lowest BCUT2D eigenvalue weighted by Crippen LogP contribution is -2.45. The summed E-state index contributed by atoms with van der Waals surface area (Å²) in [6.45, 7) is 2.98. The van der Waals surface area contributed by atoms with Gasteiger partial charge in [0.2, 0.25) is 0 Å². The summed E-state index contributed by atoms with van der Waals surface area (Å²) in [6.07, 6.45) is 2.00. The van der Waals surface area contributed by atoms with E-state index in [1.54, 1.807) is 6.92 Å². The second-order valence-corrected chi connectivity index (χ2v) is 3.97. The summed E-state index contributed by atoms with van der Waals surface area (Å²) in [5.74, 6) is -0.379. The lowest BCUT2D eigenvalue weighted by Gasteiger charge is -2.21. The predicted molar refractivity (Wildman–Crippen MR) is 54.2 cm³/mol. The van der Waals surface area contributed by atoms with Crippen LogP contribution in [0.3, 0.4) is 0 Å². The van der Waals surface area contributed by atoms with Crippen LogP contribution in [0, 0.1) is 0 Å². The van der Waals surface area contributed by atoms with E-state index in [-0.39, 0.29) is 12.3 Å². The van der Waals surface area contributed by atoms with Gasteiger partial charge in [-0.1, -0.05) is 0 Å². The third-order valence-corrected chi connectivity index (χ3v) is 2.48. The summed E-state index contributed by atoms with van der Waals surface area (Å²) in [5, 5.41) is 0. The number of hydrogen-bond acceptors (Lipinski definition) is 5. The minimum Gasteiger partial charge on any atom is -0.468 e. The number of carbonyl (C=O) groups excluding carboxylic acids is 1. The van der Waals surface area contributed by atoms with Crippen LogP contribution in [-0.2, 0) is 19.0 Å². The van der Waals surface area contributed by atoms with Crippen molar-refractivity contribution < 1.29 is 19.0 Å². The number of ether oxygens (including phenoxy) is 3. The fourth-order valence-electron chi connectivity index (χ4n) is 1.55. The summed E-state index contributed by atoms with van der Waals surface area (Å²) < 4.78 is 15.2. The lowest BCUT2D eigenvalue weighted by molar-refractivity contribution is -0.146. The van der Waals surface area contributed by atoms with E-state index in [4.69, 9.17) is 15.2 Å². The first-order chi connectivity index (χ1) is 7.06. The molecule has 88 valence electrons. The van der Waals surface area contributed by atoms with E-state index in [9.17, 15) is 4.79 Å². The van der Waals surface area contributed by atoms with Gasteiger partial charge in [-0.25, -0.2) is 0 Å². The molecule has 0 aliphatic carbocycles. The van der Waals surface area contributed by atoms with Gasteiger partial charge in [0.05, 0.1) is 20.3 Å². The zero-order valence-electron chi connectivity index (χ0n) is 9.32.